The Morgan fingerprint density at radius 3 is 2.63 bits per heavy atom. The number of hydrogen-bond acceptors (Lipinski definition) is 4. The molecule has 1 N–H and O–H groups in total. The first kappa shape index (κ1) is 19.3. The molecule has 1 saturated heterocycles. The molecule has 1 aromatic carbocycles. The van der Waals surface area contributed by atoms with Crippen LogP contribution in [-0.4, -0.2) is 52.7 Å². The van der Waals surface area contributed by atoms with Gasteiger partial charge in [-0.15, -0.1) is 0 Å². The second kappa shape index (κ2) is 8.48. The van der Waals surface area contributed by atoms with Gasteiger partial charge < -0.3 is 14.7 Å². The molecule has 0 spiro atoms. The number of aliphatic carboxylic acids is 1. The number of nitrogens with zero attached hydrogens (tertiary/aromatic N) is 2. The Labute approximate surface area is 159 Å². The van der Waals surface area contributed by atoms with Crippen LogP contribution < -0.4 is 0 Å². The van der Waals surface area contributed by atoms with E-state index in [0.717, 1.165) is 40.6 Å². The fourth-order valence-corrected chi connectivity index (χ4v) is 3.81. The number of pyridine rings is 1. The summed E-state index contributed by atoms with van der Waals surface area (Å²) in [6, 6.07) is 7.96. The number of benzene rings is 1. The average molecular weight is 370 g/mol. The summed E-state index contributed by atoms with van der Waals surface area (Å²) in [5.74, 6) is -0.925. The lowest BCUT2D eigenvalue weighted by molar-refractivity contribution is -0.140. The van der Waals surface area contributed by atoms with Crippen molar-refractivity contribution in [3.8, 4) is 0 Å². The van der Waals surface area contributed by atoms with Gasteiger partial charge in [0.1, 0.15) is 0 Å². The topological polar surface area (TPSA) is 79.7 Å². The lowest BCUT2D eigenvalue weighted by Gasteiger charge is -2.34. The van der Waals surface area contributed by atoms with Crippen LogP contribution in [0.5, 0.6) is 0 Å². The molecular formula is C21H26N2O4. The Hall–Kier alpha value is -2.47. The monoisotopic (exact) mass is 370 g/mol. The number of carboxylic acid groups (broad SMARTS) is 1. The third kappa shape index (κ3) is 4.45. The fourth-order valence-electron chi connectivity index (χ4n) is 3.81. The van der Waals surface area contributed by atoms with Gasteiger partial charge in [0.2, 0.25) is 5.91 Å². The van der Waals surface area contributed by atoms with Crippen molar-refractivity contribution in [1.29, 1.82) is 0 Å². The Balaban J connectivity index is 1.86. The number of aryl methyl sites for hydroxylation is 2. The minimum Gasteiger partial charge on any atom is -0.481 e. The second-order valence-corrected chi connectivity index (χ2v) is 7.07. The van der Waals surface area contributed by atoms with Crippen molar-refractivity contribution in [1.82, 2.24) is 9.88 Å². The molecule has 0 aliphatic carbocycles. The van der Waals surface area contributed by atoms with E-state index in [0.29, 0.717) is 13.2 Å². The molecule has 144 valence electrons. The number of amides is 1. The number of hydrogen-bond donors (Lipinski definition) is 1. The van der Waals surface area contributed by atoms with Gasteiger partial charge in [-0.05, 0) is 43.9 Å². The second-order valence-electron chi connectivity index (χ2n) is 7.07. The lowest BCUT2D eigenvalue weighted by Crippen LogP contribution is -2.45. The van der Waals surface area contributed by atoms with Crippen LogP contribution in [0.25, 0.3) is 10.9 Å². The third-order valence-electron chi connectivity index (χ3n) is 5.33. The molecule has 1 fully saturated rings. The molecule has 0 atom stereocenters. The molecular weight excluding hydrogens is 344 g/mol. The Bertz CT molecular complexity index is 843. The zero-order valence-corrected chi connectivity index (χ0v) is 15.9. The molecule has 0 saturated carbocycles. The van der Waals surface area contributed by atoms with Gasteiger partial charge in [0, 0.05) is 36.9 Å². The third-order valence-corrected chi connectivity index (χ3v) is 5.33. The number of para-hydroxylation sites is 1. The highest BCUT2D eigenvalue weighted by molar-refractivity contribution is 5.86. The molecule has 6 heteroatoms. The minimum absolute atomic E-state index is 0.0357. The maximum absolute atomic E-state index is 13.1. The van der Waals surface area contributed by atoms with E-state index >= 15 is 0 Å². The molecule has 1 aliphatic rings. The van der Waals surface area contributed by atoms with E-state index < -0.39 is 5.97 Å². The Kier molecular flexibility index (Phi) is 6.06. The molecule has 27 heavy (non-hydrogen) atoms. The van der Waals surface area contributed by atoms with Crippen LogP contribution in [0.15, 0.2) is 24.3 Å². The van der Waals surface area contributed by atoms with Crippen molar-refractivity contribution in [3.05, 3.63) is 41.1 Å². The molecule has 0 radical (unpaired) electrons. The highest BCUT2D eigenvalue weighted by Gasteiger charge is 2.27. The zero-order chi connectivity index (χ0) is 19.4. The predicted molar refractivity (Wildman–Crippen MR) is 103 cm³/mol. The quantitative estimate of drug-likeness (QED) is 0.846. The standard InChI is InChI=1S/C21H26N2O4/c1-14-17-5-3-4-6-19(17)22-15(2)18(14)13-20(24)23(10-7-21(25)26)16-8-11-27-12-9-16/h3-6,16H,7-13H2,1-2H3,(H,25,26). The van der Waals surface area contributed by atoms with E-state index in [9.17, 15) is 9.59 Å². The van der Waals surface area contributed by atoms with Gasteiger partial charge in [-0.2, -0.15) is 0 Å². The summed E-state index contributed by atoms with van der Waals surface area (Å²) in [5, 5.41) is 10.1. The molecule has 0 bridgehead atoms. The summed E-state index contributed by atoms with van der Waals surface area (Å²) >= 11 is 0. The van der Waals surface area contributed by atoms with Crippen LogP contribution in [0, 0.1) is 13.8 Å². The number of ether oxygens (including phenoxy) is 1. The largest absolute Gasteiger partial charge is 0.481 e. The van der Waals surface area contributed by atoms with Gasteiger partial charge in [-0.1, -0.05) is 18.2 Å². The van der Waals surface area contributed by atoms with E-state index in [-0.39, 0.29) is 31.3 Å². The first-order chi connectivity index (χ1) is 13.0. The maximum atomic E-state index is 13.1. The number of carbonyl (C=O) groups is 2. The summed E-state index contributed by atoms with van der Waals surface area (Å²) < 4.78 is 5.40. The number of rotatable bonds is 6. The van der Waals surface area contributed by atoms with E-state index in [1.54, 1.807) is 4.90 Å². The Morgan fingerprint density at radius 2 is 1.93 bits per heavy atom. The van der Waals surface area contributed by atoms with Crippen molar-refractivity contribution in [2.24, 2.45) is 0 Å². The van der Waals surface area contributed by atoms with Crippen molar-refractivity contribution >= 4 is 22.8 Å². The van der Waals surface area contributed by atoms with Gasteiger partial charge in [0.05, 0.1) is 18.4 Å². The number of carbonyl (C=O) groups excluding carboxylic acids is 1. The number of carboxylic acids is 1. The van der Waals surface area contributed by atoms with Gasteiger partial charge in [-0.25, -0.2) is 0 Å². The summed E-state index contributed by atoms with van der Waals surface area (Å²) in [4.78, 5) is 30.6. The highest BCUT2D eigenvalue weighted by Crippen LogP contribution is 2.24. The van der Waals surface area contributed by atoms with Gasteiger partial charge >= 0.3 is 5.97 Å². The maximum Gasteiger partial charge on any atom is 0.305 e. The number of aromatic nitrogens is 1. The first-order valence-electron chi connectivity index (χ1n) is 9.41. The SMILES string of the molecule is Cc1nc2ccccc2c(C)c1CC(=O)N(CCC(=O)O)C1CCOCC1. The summed E-state index contributed by atoms with van der Waals surface area (Å²) in [5.41, 5.74) is 3.78. The van der Waals surface area contributed by atoms with Crippen molar-refractivity contribution in [3.63, 3.8) is 0 Å². The zero-order valence-electron chi connectivity index (χ0n) is 15.9. The normalized spacial score (nSPS) is 15.0. The van der Waals surface area contributed by atoms with Gasteiger partial charge in [0.25, 0.3) is 0 Å². The predicted octanol–water partition coefficient (Wildman–Crippen LogP) is 2.88. The molecule has 1 aliphatic heterocycles. The number of fused-ring (bicyclic) bond motifs is 1. The summed E-state index contributed by atoms with van der Waals surface area (Å²) in [6.07, 6.45) is 1.70. The van der Waals surface area contributed by atoms with Crippen LogP contribution in [0.4, 0.5) is 0 Å². The highest BCUT2D eigenvalue weighted by atomic mass is 16.5. The van der Waals surface area contributed by atoms with E-state index in [1.807, 2.05) is 38.1 Å². The summed E-state index contributed by atoms with van der Waals surface area (Å²) in [7, 11) is 0. The van der Waals surface area contributed by atoms with E-state index in [2.05, 4.69) is 4.98 Å². The van der Waals surface area contributed by atoms with Crippen LogP contribution in [0.3, 0.4) is 0 Å². The van der Waals surface area contributed by atoms with Crippen LogP contribution >= 0.6 is 0 Å². The molecule has 1 aromatic heterocycles. The smallest absolute Gasteiger partial charge is 0.305 e. The average Bonchev–Trinajstić information content (AvgIpc) is 2.66. The molecule has 2 heterocycles. The first-order valence-corrected chi connectivity index (χ1v) is 9.41. The Morgan fingerprint density at radius 1 is 1.22 bits per heavy atom. The molecule has 3 rings (SSSR count). The van der Waals surface area contributed by atoms with Crippen LogP contribution in [-0.2, 0) is 20.7 Å². The van der Waals surface area contributed by atoms with Crippen LogP contribution in [0.1, 0.15) is 36.1 Å². The van der Waals surface area contributed by atoms with E-state index in [4.69, 9.17) is 9.84 Å². The van der Waals surface area contributed by atoms with Crippen LogP contribution in [0.2, 0.25) is 0 Å². The summed E-state index contributed by atoms with van der Waals surface area (Å²) in [6.45, 7) is 5.40. The van der Waals surface area contributed by atoms with Crippen molar-refractivity contribution in [2.45, 2.75) is 45.6 Å². The van der Waals surface area contributed by atoms with Crippen molar-refractivity contribution < 1.29 is 19.4 Å². The van der Waals surface area contributed by atoms with Gasteiger partial charge in [-0.3, -0.25) is 14.6 Å². The molecule has 2 aromatic rings. The lowest BCUT2D eigenvalue weighted by atomic mass is 9.98. The fraction of sp³-hybridized carbons (Fsp3) is 0.476. The molecule has 0 unspecified atom stereocenters. The minimum atomic E-state index is -0.889. The van der Waals surface area contributed by atoms with Gasteiger partial charge in [0.15, 0.2) is 0 Å². The molecule has 6 nitrogen and oxygen atoms in total. The molecule has 1 amide bonds. The van der Waals surface area contributed by atoms with Crippen molar-refractivity contribution in [2.75, 3.05) is 19.8 Å². The van der Waals surface area contributed by atoms with E-state index in [1.165, 1.54) is 0 Å².